The van der Waals surface area contributed by atoms with Crippen LogP contribution in [0.15, 0.2) is 66.2 Å². The van der Waals surface area contributed by atoms with E-state index in [4.69, 9.17) is 16.3 Å². The molecule has 0 radical (unpaired) electrons. The lowest BCUT2D eigenvalue weighted by molar-refractivity contribution is 0.150. The van der Waals surface area contributed by atoms with Gasteiger partial charge in [-0.2, -0.15) is 0 Å². The van der Waals surface area contributed by atoms with Crippen molar-refractivity contribution in [2.75, 3.05) is 6.16 Å². The standard InChI is InChI=1S/C19H19OPS/c1-14-17(15-9-5-3-6-10-15)21(22)13-19(14,2)18(20-21)16-11-7-4-8-12-16/h3-12,18H,13H2,1-2H3/t18-,19+,21+/m0/s1. The Hall–Kier alpha value is -1.21. The monoisotopic (exact) mass is 326 g/mol. The molecule has 0 aliphatic carbocycles. The average molecular weight is 326 g/mol. The summed E-state index contributed by atoms with van der Waals surface area (Å²) in [5, 5.41) is 1.32. The Bertz CT molecular complexity index is 797. The van der Waals surface area contributed by atoms with E-state index in [1.54, 1.807) is 0 Å². The Balaban J connectivity index is 1.86. The molecule has 3 atom stereocenters. The minimum atomic E-state index is -1.94. The molecule has 3 heteroatoms. The van der Waals surface area contributed by atoms with Crippen molar-refractivity contribution in [1.29, 1.82) is 0 Å². The summed E-state index contributed by atoms with van der Waals surface area (Å²) in [6, 6.07) is 21.1. The number of hydrogen-bond donors (Lipinski definition) is 0. The summed E-state index contributed by atoms with van der Waals surface area (Å²) in [4.78, 5) is 0. The second kappa shape index (κ2) is 4.89. The van der Waals surface area contributed by atoms with Crippen LogP contribution < -0.4 is 0 Å². The van der Waals surface area contributed by atoms with Gasteiger partial charge in [0.1, 0.15) is 0 Å². The predicted octanol–water partition coefficient (Wildman–Crippen LogP) is 5.60. The van der Waals surface area contributed by atoms with Gasteiger partial charge in [-0.1, -0.05) is 85.0 Å². The zero-order valence-electron chi connectivity index (χ0n) is 12.8. The van der Waals surface area contributed by atoms with E-state index in [0.717, 1.165) is 6.16 Å². The molecule has 0 spiro atoms. The maximum Gasteiger partial charge on any atom is 0.0976 e. The van der Waals surface area contributed by atoms with Crippen LogP contribution in [0.2, 0.25) is 0 Å². The van der Waals surface area contributed by atoms with Crippen LogP contribution >= 0.6 is 6.26 Å². The van der Waals surface area contributed by atoms with Gasteiger partial charge < -0.3 is 4.52 Å². The normalized spacial score (nSPS) is 33.5. The molecule has 0 saturated carbocycles. The lowest BCUT2D eigenvalue weighted by Gasteiger charge is -2.34. The first-order chi connectivity index (χ1) is 10.5. The van der Waals surface area contributed by atoms with Crippen LogP contribution in [0.3, 0.4) is 0 Å². The minimum Gasteiger partial charge on any atom is -0.337 e. The fourth-order valence-corrected chi connectivity index (χ4v) is 9.28. The van der Waals surface area contributed by atoms with Crippen molar-refractivity contribution < 1.29 is 4.52 Å². The highest BCUT2D eigenvalue weighted by Gasteiger charge is 2.58. The van der Waals surface area contributed by atoms with E-state index in [0.29, 0.717) is 0 Å². The predicted molar refractivity (Wildman–Crippen MR) is 96.6 cm³/mol. The SMILES string of the molecule is CC1=C(c2ccccc2)[P@]2(=S)C[C@@]1(C)[C@H](c1ccccc1)O2. The van der Waals surface area contributed by atoms with Gasteiger partial charge in [-0.3, -0.25) is 0 Å². The van der Waals surface area contributed by atoms with Gasteiger partial charge in [-0.15, -0.1) is 0 Å². The van der Waals surface area contributed by atoms with E-state index in [1.807, 2.05) is 0 Å². The molecule has 1 saturated heterocycles. The summed E-state index contributed by atoms with van der Waals surface area (Å²) in [7, 11) is 0. The van der Waals surface area contributed by atoms with Gasteiger partial charge in [0.2, 0.25) is 0 Å². The Morgan fingerprint density at radius 1 is 1.05 bits per heavy atom. The quantitative estimate of drug-likeness (QED) is 0.664. The van der Waals surface area contributed by atoms with Gasteiger partial charge >= 0.3 is 0 Å². The van der Waals surface area contributed by atoms with Crippen LogP contribution in [0.4, 0.5) is 0 Å². The number of hydrogen-bond acceptors (Lipinski definition) is 2. The maximum atomic E-state index is 6.54. The highest BCUT2D eigenvalue weighted by molar-refractivity contribution is 8.17. The van der Waals surface area contributed by atoms with Crippen LogP contribution in [0, 0.1) is 5.41 Å². The van der Waals surface area contributed by atoms with E-state index in [1.165, 1.54) is 22.0 Å². The highest BCUT2D eigenvalue weighted by atomic mass is 32.4. The van der Waals surface area contributed by atoms with Crippen molar-refractivity contribution in [2.45, 2.75) is 20.0 Å². The van der Waals surface area contributed by atoms with Crippen molar-refractivity contribution in [1.82, 2.24) is 0 Å². The highest BCUT2D eigenvalue weighted by Crippen LogP contribution is 2.80. The third kappa shape index (κ3) is 1.91. The fourth-order valence-electron chi connectivity index (χ4n) is 3.88. The van der Waals surface area contributed by atoms with E-state index in [-0.39, 0.29) is 11.5 Å². The van der Waals surface area contributed by atoms with Crippen LogP contribution in [-0.4, -0.2) is 6.16 Å². The van der Waals surface area contributed by atoms with Crippen molar-refractivity contribution >= 4 is 23.4 Å². The van der Waals surface area contributed by atoms with Gasteiger partial charge in [0.15, 0.2) is 0 Å². The Kier molecular flexibility index (Phi) is 3.20. The summed E-state index contributed by atoms with van der Waals surface area (Å²) in [5.74, 6) is 0. The lowest BCUT2D eigenvalue weighted by Crippen LogP contribution is -2.24. The molecule has 1 fully saturated rings. The molecule has 2 heterocycles. The first kappa shape index (κ1) is 14.4. The van der Waals surface area contributed by atoms with Gasteiger partial charge in [0, 0.05) is 16.9 Å². The average Bonchev–Trinajstić information content (AvgIpc) is 2.92. The zero-order valence-corrected chi connectivity index (χ0v) is 14.5. The molecule has 2 aromatic rings. The molecule has 0 unspecified atom stereocenters. The molecule has 2 aliphatic heterocycles. The van der Waals surface area contributed by atoms with Gasteiger partial charge in [-0.05, 0) is 18.1 Å². The van der Waals surface area contributed by atoms with E-state index >= 15 is 0 Å². The Morgan fingerprint density at radius 3 is 2.23 bits per heavy atom. The van der Waals surface area contributed by atoms with Crippen LogP contribution in [0.5, 0.6) is 0 Å². The molecule has 0 amide bonds. The summed E-state index contributed by atoms with van der Waals surface area (Å²) in [6.07, 6.45) is -0.844. The second-order valence-electron chi connectivity index (χ2n) is 6.48. The topological polar surface area (TPSA) is 9.23 Å². The minimum absolute atomic E-state index is 0.0298. The van der Waals surface area contributed by atoms with Crippen molar-refractivity contribution in [3.8, 4) is 0 Å². The molecule has 2 bridgehead atoms. The molecule has 112 valence electrons. The molecule has 0 N–H and O–H groups in total. The third-order valence-electron chi connectivity index (χ3n) is 5.09. The number of fused-ring (bicyclic) bond motifs is 2. The molecule has 2 aromatic carbocycles. The summed E-state index contributed by atoms with van der Waals surface area (Å²) in [5.41, 5.74) is 3.96. The second-order valence-corrected chi connectivity index (χ2v) is 10.6. The van der Waals surface area contributed by atoms with Gasteiger partial charge in [-0.25, -0.2) is 0 Å². The van der Waals surface area contributed by atoms with Crippen molar-refractivity contribution in [2.24, 2.45) is 5.41 Å². The summed E-state index contributed by atoms with van der Waals surface area (Å²) < 4.78 is 6.54. The number of rotatable bonds is 2. The molecule has 1 nitrogen and oxygen atoms in total. The van der Waals surface area contributed by atoms with Gasteiger partial charge in [0.05, 0.1) is 12.4 Å². The first-order valence-corrected chi connectivity index (χ1v) is 10.5. The smallest absolute Gasteiger partial charge is 0.0976 e. The summed E-state index contributed by atoms with van der Waals surface area (Å²) >= 11 is 6.07. The molecular formula is C19H19OPS. The van der Waals surface area contributed by atoms with E-state index in [2.05, 4.69) is 74.5 Å². The van der Waals surface area contributed by atoms with Crippen molar-refractivity contribution in [3.05, 3.63) is 77.4 Å². The molecule has 0 aromatic heterocycles. The molecule has 2 aliphatic rings. The van der Waals surface area contributed by atoms with E-state index < -0.39 is 6.26 Å². The van der Waals surface area contributed by atoms with Crippen LogP contribution in [0.1, 0.15) is 31.1 Å². The Labute approximate surface area is 137 Å². The summed E-state index contributed by atoms with van der Waals surface area (Å²) in [6.45, 7) is 4.58. The van der Waals surface area contributed by atoms with E-state index in [9.17, 15) is 0 Å². The van der Waals surface area contributed by atoms with Crippen LogP contribution in [0.25, 0.3) is 5.31 Å². The molecular weight excluding hydrogens is 307 g/mol. The van der Waals surface area contributed by atoms with Gasteiger partial charge in [0.25, 0.3) is 0 Å². The van der Waals surface area contributed by atoms with Crippen molar-refractivity contribution in [3.63, 3.8) is 0 Å². The third-order valence-corrected chi connectivity index (χ3v) is 9.19. The molecule has 22 heavy (non-hydrogen) atoms. The zero-order chi connectivity index (χ0) is 15.4. The largest absolute Gasteiger partial charge is 0.337 e. The fraction of sp³-hybridized carbons (Fsp3) is 0.263. The molecule has 4 rings (SSSR count). The first-order valence-electron chi connectivity index (χ1n) is 7.64. The lowest BCUT2D eigenvalue weighted by atomic mass is 9.76. The number of benzene rings is 2. The Morgan fingerprint density at radius 2 is 1.64 bits per heavy atom. The van der Waals surface area contributed by atoms with Crippen LogP contribution in [-0.2, 0) is 16.3 Å². The maximum absolute atomic E-state index is 6.54.